The molecule has 2 atom stereocenters. The fraction of sp³-hybridized carbons (Fsp3) is 0.667. The first-order chi connectivity index (χ1) is 13.9. The van der Waals surface area contributed by atoms with Gasteiger partial charge in [0.15, 0.2) is 15.8 Å². The van der Waals surface area contributed by atoms with E-state index in [1.165, 1.54) is 24.5 Å². The molecule has 1 saturated heterocycles. The van der Waals surface area contributed by atoms with E-state index >= 15 is 0 Å². The number of morpholine rings is 1. The van der Waals surface area contributed by atoms with Crippen molar-refractivity contribution in [2.45, 2.75) is 57.7 Å². The lowest BCUT2D eigenvalue weighted by Crippen LogP contribution is -2.59. The molecule has 9 heteroatoms. The van der Waals surface area contributed by atoms with Crippen LogP contribution in [0.4, 0.5) is 4.39 Å². The standard InChI is InChI=1S/C21H35FN4O3S/c1-15-11-26(12-16(2)29-15)21(3,4)14-25-20(23-5)24-10-18-9-19(22)8-7-17(18)13-30(6,27)28/h7-9,15-16H,10-14H2,1-6H3,(H2,23,24,25). The summed E-state index contributed by atoms with van der Waals surface area (Å²) in [6, 6.07) is 4.17. The molecule has 0 saturated carbocycles. The fourth-order valence-electron chi connectivity index (χ4n) is 3.67. The van der Waals surface area contributed by atoms with Gasteiger partial charge in [0, 0.05) is 45.0 Å². The molecule has 0 aliphatic carbocycles. The molecule has 1 fully saturated rings. The zero-order valence-electron chi connectivity index (χ0n) is 18.8. The van der Waals surface area contributed by atoms with Crippen molar-refractivity contribution >= 4 is 15.8 Å². The summed E-state index contributed by atoms with van der Waals surface area (Å²) in [5.41, 5.74) is 1.06. The van der Waals surface area contributed by atoms with Crippen LogP contribution in [0.25, 0.3) is 0 Å². The summed E-state index contributed by atoms with van der Waals surface area (Å²) in [5, 5.41) is 6.50. The van der Waals surface area contributed by atoms with Crippen LogP contribution < -0.4 is 10.6 Å². The number of nitrogens with zero attached hydrogens (tertiary/aromatic N) is 2. The van der Waals surface area contributed by atoms with Crippen molar-refractivity contribution in [3.8, 4) is 0 Å². The molecule has 7 nitrogen and oxygen atoms in total. The first-order valence-electron chi connectivity index (χ1n) is 10.2. The molecule has 2 rings (SSSR count). The summed E-state index contributed by atoms with van der Waals surface area (Å²) < 4.78 is 42.9. The Morgan fingerprint density at radius 2 is 1.87 bits per heavy atom. The molecule has 0 bridgehead atoms. The molecular formula is C21H35FN4O3S. The van der Waals surface area contributed by atoms with Gasteiger partial charge >= 0.3 is 0 Å². The minimum Gasteiger partial charge on any atom is -0.373 e. The van der Waals surface area contributed by atoms with Gasteiger partial charge in [-0.25, -0.2) is 12.8 Å². The smallest absolute Gasteiger partial charge is 0.191 e. The van der Waals surface area contributed by atoms with Crippen molar-refractivity contribution in [2.75, 3.05) is 32.9 Å². The van der Waals surface area contributed by atoms with E-state index in [0.29, 0.717) is 23.6 Å². The second-order valence-corrected chi connectivity index (χ2v) is 10.9. The summed E-state index contributed by atoms with van der Waals surface area (Å²) in [7, 11) is -1.55. The largest absolute Gasteiger partial charge is 0.373 e. The van der Waals surface area contributed by atoms with Crippen molar-refractivity contribution in [1.82, 2.24) is 15.5 Å². The Morgan fingerprint density at radius 1 is 1.23 bits per heavy atom. The molecule has 170 valence electrons. The fourth-order valence-corrected chi connectivity index (χ4v) is 4.51. The van der Waals surface area contributed by atoms with E-state index in [0.717, 1.165) is 13.1 Å². The van der Waals surface area contributed by atoms with Crippen LogP contribution in [0.1, 0.15) is 38.8 Å². The van der Waals surface area contributed by atoms with Crippen LogP contribution in [-0.2, 0) is 26.9 Å². The highest BCUT2D eigenvalue weighted by molar-refractivity contribution is 7.89. The molecule has 2 unspecified atom stereocenters. The van der Waals surface area contributed by atoms with E-state index in [9.17, 15) is 12.8 Å². The number of halogens is 1. The van der Waals surface area contributed by atoms with Gasteiger partial charge in [0.05, 0.1) is 18.0 Å². The van der Waals surface area contributed by atoms with Gasteiger partial charge in [-0.1, -0.05) is 6.07 Å². The summed E-state index contributed by atoms with van der Waals surface area (Å²) in [6.07, 6.45) is 1.54. The maximum Gasteiger partial charge on any atom is 0.191 e. The number of hydrogen-bond acceptors (Lipinski definition) is 5. The Morgan fingerprint density at radius 3 is 2.43 bits per heavy atom. The van der Waals surface area contributed by atoms with Crippen molar-refractivity contribution in [1.29, 1.82) is 0 Å². The van der Waals surface area contributed by atoms with Gasteiger partial charge in [-0.05, 0) is 51.0 Å². The number of rotatable bonds is 7. The second-order valence-electron chi connectivity index (χ2n) is 8.74. The predicted octanol–water partition coefficient (Wildman–Crippen LogP) is 1.92. The third-order valence-electron chi connectivity index (χ3n) is 5.22. The van der Waals surface area contributed by atoms with Gasteiger partial charge in [0.25, 0.3) is 0 Å². The number of nitrogens with one attached hydrogen (secondary N) is 2. The first kappa shape index (κ1) is 24.6. The zero-order chi connectivity index (χ0) is 22.5. The average Bonchev–Trinajstić information content (AvgIpc) is 2.62. The lowest BCUT2D eigenvalue weighted by molar-refractivity contribution is -0.0946. The Labute approximate surface area is 180 Å². The zero-order valence-corrected chi connectivity index (χ0v) is 19.6. The molecule has 1 aliphatic heterocycles. The van der Waals surface area contributed by atoms with Crippen LogP contribution in [0.5, 0.6) is 0 Å². The number of guanidine groups is 1. The molecule has 0 spiro atoms. The van der Waals surface area contributed by atoms with Crippen molar-refractivity contribution in [2.24, 2.45) is 4.99 Å². The number of aliphatic imine (C=N–C) groups is 1. The Bertz CT molecular complexity index is 848. The van der Waals surface area contributed by atoms with Crippen LogP contribution in [0, 0.1) is 5.82 Å². The number of benzene rings is 1. The molecule has 0 radical (unpaired) electrons. The molecule has 1 aromatic carbocycles. The minimum absolute atomic E-state index is 0.121. The Hall–Kier alpha value is -1.71. The van der Waals surface area contributed by atoms with E-state index in [4.69, 9.17) is 4.74 Å². The van der Waals surface area contributed by atoms with Crippen LogP contribution in [-0.4, -0.2) is 70.0 Å². The number of ether oxygens (including phenoxy) is 1. The van der Waals surface area contributed by atoms with Gasteiger partial charge in [0.2, 0.25) is 0 Å². The lowest BCUT2D eigenvalue weighted by atomic mass is 10.00. The molecule has 1 heterocycles. The van der Waals surface area contributed by atoms with Gasteiger partial charge < -0.3 is 15.4 Å². The lowest BCUT2D eigenvalue weighted by Gasteiger charge is -2.45. The third-order valence-corrected chi connectivity index (χ3v) is 6.06. The summed E-state index contributed by atoms with van der Waals surface area (Å²) in [4.78, 5) is 6.65. The van der Waals surface area contributed by atoms with Crippen LogP contribution >= 0.6 is 0 Å². The van der Waals surface area contributed by atoms with E-state index < -0.39 is 15.7 Å². The van der Waals surface area contributed by atoms with E-state index in [2.05, 4.69) is 48.2 Å². The second kappa shape index (κ2) is 10.1. The van der Waals surface area contributed by atoms with Crippen molar-refractivity contribution in [3.05, 3.63) is 35.1 Å². The SMILES string of the molecule is CN=C(NCc1cc(F)ccc1CS(C)(=O)=O)NCC(C)(C)N1CC(C)OC(C)C1. The van der Waals surface area contributed by atoms with Gasteiger partial charge in [-0.15, -0.1) is 0 Å². The van der Waals surface area contributed by atoms with E-state index in [1.54, 1.807) is 7.05 Å². The highest BCUT2D eigenvalue weighted by atomic mass is 32.2. The van der Waals surface area contributed by atoms with Crippen LogP contribution in [0.2, 0.25) is 0 Å². The third kappa shape index (κ3) is 7.52. The molecule has 1 aliphatic rings. The molecule has 2 N–H and O–H groups in total. The monoisotopic (exact) mass is 442 g/mol. The summed E-state index contributed by atoms with van der Waals surface area (Å²) in [6.45, 7) is 11.2. The van der Waals surface area contributed by atoms with E-state index in [1.807, 2.05) is 0 Å². The maximum atomic E-state index is 13.7. The molecule has 0 amide bonds. The first-order valence-corrected chi connectivity index (χ1v) is 12.3. The van der Waals surface area contributed by atoms with Crippen LogP contribution in [0.3, 0.4) is 0 Å². The van der Waals surface area contributed by atoms with Gasteiger partial charge in [-0.3, -0.25) is 9.89 Å². The molecular weight excluding hydrogens is 407 g/mol. The summed E-state index contributed by atoms with van der Waals surface area (Å²) >= 11 is 0. The predicted molar refractivity (Wildman–Crippen MR) is 119 cm³/mol. The molecule has 0 aromatic heterocycles. The average molecular weight is 443 g/mol. The van der Waals surface area contributed by atoms with Crippen LogP contribution in [0.15, 0.2) is 23.2 Å². The molecule has 30 heavy (non-hydrogen) atoms. The topological polar surface area (TPSA) is 83.0 Å². The normalized spacial score (nSPS) is 21.5. The van der Waals surface area contributed by atoms with E-state index in [-0.39, 0.29) is 30.0 Å². The number of hydrogen-bond donors (Lipinski definition) is 2. The maximum absolute atomic E-state index is 13.7. The summed E-state index contributed by atoms with van der Waals surface area (Å²) in [5.74, 6) is 0.0483. The van der Waals surface area contributed by atoms with Crippen molar-refractivity contribution < 1.29 is 17.5 Å². The van der Waals surface area contributed by atoms with Gasteiger partial charge in [-0.2, -0.15) is 0 Å². The molecule has 1 aromatic rings. The minimum atomic E-state index is -3.22. The Kier molecular flexibility index (Phi) is 8.24. The highest BCUT2D eigenvalue weighted by Crippen LogP contribution is 2.20. The van der Waals surface area contributed by atoms with Gasteiger partial charge in [0.1, 0.15) is 5.82 Å². The quantitative estimate of drug-likeness (QED) is 0.496. The number of sulfone groups is 1. The van der Waals surface area contributed by atoms with Crippen molar-refractivity contribution in [3.63, 3.8) is 0 Å². The highest BCUT2D eigenvalue weighted by Gasteiger charge is 2.33. The Balaban J connectivity index is 1.99.